The third-order valence-electron chi connectivity index (χ3n) is 3.19. The van der Waals surface area contributed by atoms with E-state index < -0.39 is 0 Å². The first-order chi connectivity index (χ1) is 10.1. The van der Waals surface area contributed by atoms with Gasteiger partial charge in [0.2, 0.25) is 0 Å². The topological polar surface area (TPSA) is 56.7 Å². The highest BCUT2D eigenvalue weighted by Gasteiger charge is 2.20. The minimum atomic E-state index is 0.390. The first-order valence-corrected chi connectivity index (χ1v) is 7.28. The van der Waals surface area contributed by atoms with Crippen LogP contribution >= 0.6 is 27.5 Å². The average molecular weight is 362 g/mol. The summed E-state index contributed by atoms with van der Waals surface area (Å²) in [5, 5.41) is 1.45. The molecule has 2 heterocycles. The first kappa shape index (κ1) is 13.9. The van der Waals surface area contributed by atoms with Gasteiger partial charge in [0.25, 0.3) is 0 Å². The lowest BCUT2D eigenvalue weighted by Gasteiger charge is -2.03. The van der Waals surface area contributed by atoms with Gasteiger partial charge in [-0.3, -0.25) is 0 Å². The van der Waals surface area contributed by atoms with Crippen LogP contribution in [0.5, 0.6) is 0 Å². The number of halogens is 2. The molecule has 3 aromatic rings. The number of benzene rings is 1. The number of terminal acetylenes is 1. The van der Waals surface area contributed by atoms with Crippen molar-refractivity contribution < 1.29 is 0 Å². The number of aromatic nitrogens is 3. The molecule has 0 saturated heterocycles. The van der Waals surface area contributed by atoms with Crippen molar-refractivity contribution in [2.24, 2.45) is 0 Å². The number of nitrogens with zero attached hydrogens (tertiary/aromatic N) is 3. The summed E-state index contributed by atoms with van der Waals surface area (Å²) >= 11 is 9.55. The summed E-state index contributed by atoms with van der Waals surface area (Å²) < 4.78 is 2.71. The van der Waals surface area contributed by atoms with Crippen LogP contribution in [0.25, 0.3) is 22.2 Å². The molecule has 2 N–H and O–H groups in total. The third-order valence-corrected chi connectivity index (χ3v) is 4.26. The van der Waals surface area contributed by atoms with Gasteiger partial charge in [0.1, 0.15) is 17.8 Å². The molecule has 6 heteroatoms. The Morgan fingerprint density at radius 1 is 1.29 bits per heavy atom. The Morgan fingerprint density at radius 2 is 2.00 bits per heavy atom. The highest BCUT2D eigenvalue weighted by atomic mass is 79.9. The predicted octanol–water partition coefficient (Wildman–Crippen LogP) is 3.73. The van der Waals surface area contributed by atoms with E-state index in [1.54, 1.807) is 0 Å². The molecule has 21 heavy (non-hydrogen) atoms. The van der Waals surface area contributed by atoms with E-state index in [-0.39, 0.29) is 0 Å². The standard InChI is InChI=1S/C15H10BrClN4/c1-2-7-21-13(16)11(9-3-5-10(17)6-4-9)12-14(18)19-8-20-15(12)21/h1,3-6,8H,7H2,(H2,18,19,20). The summed E-state index contributed by atoms with van der Waals surface area (Å²) in [4.78, 5) is 8.39. The molecule has 0 aliphatic heterocycles. The monoisotopic (exact) mass is 360 g/mol. The van der Waals surface area contributed by atoms with Crippen molar-refractivity contribution in [2.75, 3.05) is 5.73 Å². The number of hydrogen-bond donors (Lipinski definition) is 1. The van der Waals surface area contributed by atoms with Crippen LogP contribution in [0.3, 0.4) is 0 Å². The fourth-order valence-corrected chi connectivity index (χ4v) is 3.13. The van der Waals surface area contributed by atoms with E-state index in [0.29, 0.717) is 23.0 Å². The van der Waals surface area contributed by atoms with Gasteiger partial charge in [0.15, 0.2) is 0 Å². The molecule has 0 amide bonds. The number of nitrogens with two attached hydrogens (primary N) is 1. The highest BCUT2D eigenvalue weighted by Crippen LogP contribution is 2.39. The summed E-state index contributed by atoms with van der Waals surface area (Å²) in [6.45, 7) is 0.390. The molecule has 0 unspecified atom stereocenters. The van der Waals surface area contributed by atoms with Crippen LogP contribution in [0, 0.1) is 12.3 Å². The summed E-state index contributed by atoms with van der Waals surface area (Å²) in [6.07, 6.45) is 6.88. The lowest BCUT2D eigenvalue weighted by molar-refractivity contribution is 0.849. The second-order valence-electron chi connectivity index (χ2n) is 4.42. The maximum absolute atomic E-state index is 6.04. The van der Waals surface area contributed by atoms with E-state index in [0.717, 1.165) is 21.1 Å². The zero-order valence-electron chi connectivity index (χ0n) is 10.8. The van der Waals surface area contributed by atoms with Gasteiger partial charge in [0, 0.05) is 10.6 Å². The molecule has 0 saturated carbocycles. The fraction of sp³-hybridized carbons (Fsp3) is 0.0667. The third kappa shape index (κ3) is 2.27. The maximum Gasteiger partial charge on any atom is 0.147 e. The quantitative estimate of drug-likeness (QED) is 0.708. The number of fused-ring (bicyclic) bond motifs is 1. The van der Waals surface area contributed by atoms with Crippen molar-refractivity contribution in [3.63, 3.8) is 0 Å². The van der Waals surface area contributed by atoms with Crippen molar-refractivity contribution in [2.45, 2.75) is 6.54 Å². The molecule has 1 aromatic carbocycles. The van der Waals surface area contributed by atoms with E-state index in [4.69, 9.17) is 23.8 Å². The number of rotatable bonds is 2. The van der Waals surface area contributed by atoms with Gasteiger partial charge < -0.3 is 10.3 Å². The van der Waals surface area contributed by atoms with Crippen molar-refractivity contribution in [3.8, 4) is 23.5 Å². The molecule has 0 fully saturated rings. The molecule has 0 radical (unpaired) electrons. The van der Waals surface area contributed by atoms with Gasteiger partial charge >= 0.3 is 0 Å². The van der Waals surface area contributed by atoms with E-state index >= 15 is 0 Å². The lowest BCUT2D eigenvalue weighted by atomic mass is 10.1. The minimum Gasteiger partial charge on any atom is -0.383 e. The number of hydrogen-bond acceptors (Lipinski definition) is 3. The molecular formula is C15H10BrClN4. The normalized spacial score (nSPS) is 10.7. The molecule has 0 aliphatic carbocycles. The molecule has 0 atom stereocenters. The van der Waals surface area contributed by atoms with Crippen molar-refractivity contribution in [3.05, 3.63) is 40.2 Å². The molecule has 0 aliphatic rings. The Hall–Kier alpha value is -2.03. The first-order valence-electron chi connectivity index (χ1n) is 6.11. The molecular weight excluding hydrogens is 352 g/mol. The van der Waals surface area contributed by atoms with Crippen LogP contribution in [0.2, 0.25) is 5.02 Å². The van der Waals surface area contributed by atoms with Gasteiger partial charge in [-0.15, -0.1) is 6.42 Å². The van der Waals surface area contributed by atoms with Crippen LogP contribution < -0.4 is 5.73 Å². The Kier molecular flexibility index (Phi) is 3.58. The minimum absolute atomic E-state index is 0.390. The van der Waals surface area contributed by atoms with Crippen LogP contribution in [-0.4, -0.2) is 14.5 Å². The summed E-state index contributed by atoms with van der Waals surface area (Å²) in [6, 6.07) is 7.50. The summed E-state index contributed by atoms with van der Waals surface area (Å²) in [5.74, 6) is 3.04. The number of anilines is 1. The molecule has 0 spiro atoms. The second-order valence-corrected chi connectivity index (χ2v) is 5.61. The Balaban J connectivity index is 2.39. The average Bonchev–Trinajstić information content (AvgIpc) is 2.75. The van der Waals surface area contributed by atoms with Crippen LogP contribution in [-0.2, 0) is 6.54 Å². The van der Waals surface area contributed by atoms with Crippen LogP contribution in [0.1, 0.15) is 0 Å². The second kappa shape index (κ2) is 5.40. The zero-order chi connectivity index (χ0) is 15.0. The van der Waals surface area contributed by atoms with Crippen molar-refractivity contribution in [1.82, 2.24) is 14.5 Å². The zero-order valence-corrected chi connectivity index (χ0v) is 13.2. The van der Waals surface area contributed by atoms with Gasteiger partial charge in [-0.25, -0.2) is 9.97 Å². The Morgan fingerprint density at radius 3 is 2.67 bits per heavy atom. The van der Waals surface area contributed by atoms with E-state index in [1.807, 2.05) is 28.8 Å². The Bertz CT molecular complexity index is 862. The highest BCUT2D eigenvalue weighted by molar-refractivity contribution is 9.10. The van der Waals surface area contributed by atoms with Gasteiger partial charge in [-0.2, -0.15) is 0 Å². The smallest absolute Gasteiger partial charge is 0.147 e. The largest absolute Gasteiger partial charge is 0.383 e. The lowest BCUT2D eigenvalue weighted by Crippen LogP contribution is -1.98. The van der Waals surface area contributed by atoms with Gasteiger partial charge in [-0.1, -0.05) is 29.7 Å². The fourth-order valence-electron chi connectivity index (χ4n) is 2.28. The maximum atomic E-state index is 6.04. The van der Waals surface area contributed by atoms with Gasteiger partial charge in [0.05, 0.1) is 16.5 Å². The molecule has 0 bridgehead atoms. The predicted molar refractivity (Wildman–Crippen MR) is 88.9 cm³/mol. The number of nitrogen functional groups attached to an aromatic ring is 1. The van der Waals surface area contributed by atoms with Crippen LogP contribution in [0.4, 0.5) is 5.82 Å². The van der Waals surface area contributed by atoms with E-state index in [9.17, 15) is 0 Å². The van der Waals surface area contributed by atoms with E-state index in [1.165, 1.54) is 6.33 Å². The summed E-state index contributed by atoms with van der Waals surface area (Å²) in [5.41, 5.74) is 8.62. The molecule has 2 aromatic heterocycles. The Labute approximate surface area is 135 Å². The molecule has 4 nitrogen and oxygen atoms in total. The SMILES string of the molecule is C#CCn1c(Br)c(-c2ccc(Cl)cc2)c2c(N)ncnc21. The van der Waals surface area contributed by atoms with Gasteiger partial charge in [-0.05, 0) is 33.6 Å². The van der Waals surface area contributed by atoms with Crippen LogP contribution in [0.15, 0.2) is 35.2 Å². The molecule has 104 valence electrons. The molecule has 3 rings (SSSR count). The van der Waals surface area contributed by atoms with Crippen molar-refractivity contribution >= 4 is 44.4 Å². The summed E-state index contributed by atoms with van der Waals surface area (Å²) in [7, 11) is 0. The van der Waals surface area contributed by atoms with E-state index in [2.05, 4.69) is 31.8 Å². The van der Waals surface area contributed by atoms with Crippen molar-refractivity contribution in [1.29, 1.82) is 0 Å².